The quantitative estimate of drug-likeness (QED) is 0.460. The van der Waals surface area contributed by atoms with E-state index < -0.39 is 24.4 Å². The topological polar surface area (TPSA) is 83.4 Å². The number of nitrogens with zero attached hydrogens (tertiary/aromatic N) is 2. The Hall–Kier alpha value is -4.20. The molecular weight excluding hydrogens is 411 g/mol. The molecule has 2 heterocycles. The van der Waals surface area contributed by atoms with E-state index in [0.29, 0.717) is 17.1 Å². The number of nitrogens with one attached hydrogen (secondary N) is 2. The third-order valence-corrected chi connectivity index (χ3v) is 5.11. The maximum Gasteiger partial charge on any atom is 0.329 e. The number of rotatable bonds is 6. The van der Waals surface area contributed by atoms with Gasteiger partial charge in [0.25, 0.3) is 5.91 Å². The first-order chi connectivity index (χ1) is 15.5. The zero-order valence-corrected chi connectivity index (χ0v) is 17.3. The second kappa shape index (κ2) is 8.89. The van der Waals surface area contributed by atoms with Gasteiger partial charge in [0.2, 0.25) is 5.91 Å². The van der Waals surface area contributed by atoms with Crippen molar-refractivity contribution < 1.29 is 18.8 Å². The first kappa shape index (κ1) is 21.0. The molecule has 1 saturated heterocycles. The lowest BCUT2D eigenvalue weighted by molar-refractivity contribution is -0.127. The van der Waals surface area contributed by atoms with Crippen LogP contribution in [0, 0.1) is 5.82 Å². The molecule has 1 aliphatic rings. The van der Waals surface area contributed by atoms with Gasteiger partial charge in [0.05, 0.1) is 0 Å². The number of hydrogen-bond donors (Lipinski definition) is 2. The Morgan fingerprint density at radius 2 is 1.81 bits per heavy atom. The molecule has 1 aliphatic heterocycles. The highest BCUT2D eigenvalue weighted by atomic mass is 19.1. The number of urea groups is 1. The van der Waals surface area contributed by atoms with Gasteiger partial charge in [0.15, 0.2) is 0 Å². The maximum absolute atomic E-state index is 13.2. The Labute approximate surface area is 184 Å². The van der Waals surface area contributed by atoms with E-state index in [4.69, 9.17) is 0 Å². The molecule has 8 heteroatoms. The summed E-state index contributed by atoms with van der Waals surface area (Å²) in [6, 6.07) is 16.1. The number of benzene rings is 2. The first-order valence-electron chi connectivity index (χ1n) is 10.1. The minimum atomic E-state index is -0.667. The summed E-state index contributed by atoms with van der Waals surface area (Å²) in [7, 11) is 0. The Morgan fingerprint density at radius 3 is 2.56 bits per heavy atom. The number of amides is 4. The summed E-state index contributed by atoms with van der Waals surface area (Å²) in [6.45, 7) is 1.57. The van der Waals surface area contributed by atoms with Crippen LogP contribution in [0.3, 0.4) is 0 Å². The summed E-state index contributed by atoms with van der Waals surface area (Å²) in [5.74, 6) is -1.42. The van der Waals surface area contributed by atoms with Crippen LogP contribution in [0.1, 0.15) is 18.2 Å². The van der Waals surface area contributed by atoms with E-state index in [-0.39, 0.29) is 11.5 Å². The van der Waals surface area contributed by atoms with Crippen LogP contribution in [0.2, 0.25) is 0 Å². The summed E-state index contributed by atoms with van der Waals surface area (Å²) >= 11 is 0. The molecular formula is C24H21FN4O3. The summed E-state index contributed by atoms with van der Waals surface area (Å²) in [5, 5.41) is 5.27. The van der Waals surface area contributed by atoms with Gasteiger partial charge >= 0.3 is 6.03 Å². The van der Waals surface area contributed by atoms with Crippen LogP contribution in [-0.2, 0) is 16.0 Å². The average Bonchev–Trinajstić information content (AvgIpc) is 3.35. The Balaban J connectivity index is 1.50. The van der Waals surface area contributed by atoms with Gasteiger partial charge in [-0.25, -0.2) is 14.1 Å². The minimum Gasteiger partial charge on any atom is -0.324 e. The van der Waals surface area contributed by atoms with Crippen LogP contribution in [0.5, 0.6) is 0 Å². The van der Waals surface area contributed by atoms with Gasteiger partial charge in [-0.05, 0) is 60.5 Å². The first-order valence-corrected chi connectivity index (χ1v) is 10.1. The Bertz CT molecular complexity index is 1210. The zero-order chi connectivity index (χ0) is 22.7. The van der Waals surface area contributed by atoms with Crippen molar-refractivity contribution in [2.45, 2.75) is 13.3 Å². The van der Waals surface area contributed by atoms with E-state index in [9.17, 15) is 18.8 Å². The summed E-state index contributed by atoms with van der Waals surface area (Å²) in [5.41, 5.74) is 2.98. The molecule has 0 saturated carbocycles. The van der Waals surface area contributed by atoms with E-state index in [1.165, 1.54) is 18.2 Å². The highest BCUT2D eigenvalue weighted by Gasteiger charge is 2.35. The molecule has 0 unspecified atom stereocenters. The SMILES string of the molecule is CCc1ccccc1NC(=O)CN1C(=O)N/C(=C/c2cccn2-c2ccc(F)cc2)C1=O. The van der Waals surface area contributed by atoms with Crippen LogP contribution in [0.25, 0.3) is 11.8 Å². The summed E-state index contributed by atoms with van der Waals surface area (Å²) in [6.07, 6.45) is 4.02. The van der Waals surface area contributed by atoms with E-state index >= 15 is 0 Å². The molecule has 1 aromatic heterocycles. The molecule has 0 radical (unpaired) electrons. The van der Waals surface area contributed by atoms with Gasteiger partial charge < -0.3 is 15.2 Å². The summed E-state index contributed by atoms with van der Waals surface area (Å²) in [4.78, 5) is 38.5. The van der Waals surface area contributed by atoms with Gasteiger partial charge in [-0.2, -0.15) is 0 Å². The molecule has 4 rings (SSSR count). The Kier molecular flexibility index (Phi) is 5.85. The smallest absolute Gasteiger partial charge is 0.324 e. The standard InChI is InChI=1S/C24H21FN4O3/c1-2-16-6-3-4-8-20(16)26-22(30)15-29-23(31)21(27-24(29)32)14-19-7-5-13-28(19)18-11-9-17(25)10-12-18/h3-14H,2,15H2,1H3,(H,26,30)(H,27,32)/b21-14+. The van der Waals surface area contributed by atoms with Gasteiger partial charge in [-0.1, -0.05) is 25.1 Å². The lowest BCUT2D eigenvalue weighted by atomic mass is 10.1. The predicted octanol–water partition coefficient (Wildman–Crippen LogP) is 3.71. The molecule has 0 atom stereocenters. The number of carbonyl (C=O) groups is 3. The van der Waals surface area contributed by atoms with E-state index in [2.05, 4.69) is 10.6 Å². The van der Waals surface area contributed by atoms with Crippen molar-refractivity contribution >= 4 is 29.6 Å². The fraction of sp³-hybridized carbons (Fsp3) is 0.125. The molecule has 4 amide bonds. The molecule has 2 aromatic carbocycles. The molecule has 1 fully saturated rings. The number of para-hydroxylation sites is 1. The largest absolute Gasteiger partial charge is 0.329 e. The zero-order valence-electron chi connectivity index (χ0n) is 17.3. The normalized spacial score (nSPS) is 14.7. The Morgan fingerprint density at radius 1 is 1.06 bits per heavy atom. The summed E-state index contributed by atoms with van der Waals surface area (Å²) < 4.78 is 15.0. The monoisotopic (exact) mass is 432 g/mol. The molecule has 0 spiro atoms. The highest BCUT2D eigenvalue weighted by Crippen LogP contribution is 2.19. The molecule has 7 nitrogen and oxygen atoms in total. The number of anilines is 1. The minimum absolute atomic E-state index is 0.0545. The van der Waals surface area contributed by atoms with Crippen molar-refractivity contribution in [1.82, 2.24) is 14.8 Å². The van der Waals surface area contributed by atoms with Gasteiger partial charge in [0, 0.05) is 23.3 Å². The molecule has 32 heavy (non-hydrogen) atoms. The van der Waals surface area contributed by atoms with Crippen LogP contribution in [-0.4, -0.2) is 33.9 Å². The van der Waals surface area contributed by atoms with E-state index in [1.807, 2.05) is 19.1 Å². The highest BCUT2D eigenvalue weighted by molar-refractivity contribution is 6.15. The van der Waals surface area contributed by atoms with Crippen molar-refractivity contribution in [2.24, 2.45) is 0 Å². The van der Waals surface area contributed by atoms with E-state index in [1.54, 1.807) is 47.2 Å². The number of hydrogen-bond acceptors (Lipinski definition) is 3. The lowest BCUT2D eigenvalue weighted by Crippen LogP contribution is -2.38. The number of aromatic nitrogens is 1. The van der Waals surface area contributed by atoms with E-state index in [0.717, 1.165) is 16.9 Å². The van der Waals surface area contributed by atoms with Gasteiger partial charge in [0.1, 0.15) is 18.1 Å². The molecule has 3 aromatic rings. The van der Waals surface area contributed by atoms with Crippen molar-refractivity contribution in [2.75, 3.05) is 11.9 Å². The van der Waals surface area contributed by atoms with Gasteiger partial charge in [-0.3, -0.25) is 9.59 Å². The fourth-order valence-corrected chi connectivity index (χ4v) is 3.50. The molecule has 2 N–H and O–H groups in total. The number of aryl methyl sites for hydroxylation is 1. The average molecular weight is 432 g/mol. The van der Waals surface area contributed by atoms with Gasteiger partial charge in [-0.15, -0.1) is 0 Å². The fourth-order valence-electron chi connectivity index (χ4n) is 3.50. The van der Waals surface area contributed by atoms with Crippen LogP contribution >= 0.6 is 0 Å². The third kappa shape index (κ3) is 4.29. The third-order valence-electron chi connectivity index (χ3n) is 5.11. The van der Waals surface area contributed by atoms with Crippen LogP contribution < -0.4 is 10.6 Å². The molecule has 162 valence electrons. The molecule has 0 bridgehead atoms. The second-order valence-corrected chi connectivity index (χ2v) is 7.22. The second-order valence-electron chi connectivity index (χ2n) is 7.22. The van der Waals surface area contributed by atoms with Crippen molar-refractivity contribution in [1.29, 1.82) is 0 Å². The van der Waals surface area contributed by atoms with Crippen molar-refractivity contribution in [3.8, 4) is 5.69 Å². The van der Waals surface area contributed by atoms with Crippen molar-refractivity contribution in [3.05, 3.63) is 89.6 Å². The maximum atomic E-state index is 13.2. The van der Waals surface area contributed by atoms with Crippen LogP contribution in [0.15, 0.2) is 72.6 Å². The molecule has 0 aliphatic carbocycles. The van der Waals surface area contributed by atoms with Crippen LogP contribution in [0.4, 0.5) is 14.9 Å². The predicted molar refractivity (Wildman–Crippen MR) is 118 cm³/mol. The number of carbonyl (C=O) groups excluding carboxylic acids is 3. The number of halogens is 1. The van der Waals surface area contributed by atoms with Crippen molar-refractivity contribution in [3.63, 3.8) is 0 Å². The lowest BCUT2D eigenvalue weighted by Gasteiger charge is -2.13. The number of imide groups is 1.